The zero-order valence-electron chi connectivity index (χ0n) is 10.9. The normalized spacial score (nSPS) is 10.6. The zero-order valence-corrected chi connectivity index (χ0v) is 10.9. The third-order valence-electron chi connectivity index (χ3n) is 2.72. The molecule has 1 N–H and O–H groups in total. The number of aromatic amines is 1. The Hall–Kier alpha value is -1.91. The maximum Gasteiger partial charge on any atom is 0.165 e. The van der Waals surface area contributed by atoms with Crippen LogP contribution in [0.15, 0.2) is 6.20 Å². The van der Waals surface area contributed by atoms with Crippen molar-refractivity contribution >= 4 is 5.82 Å². The molecule has 0 aromatic carbocycles. The van der Waals surface area contributed by atoms with Crippen LogP contribution in [0.25, 0.3) is 11.4 Å². The SMILES string of the molecule is Cc1cnc(-c2c(C)n[nH]c2C)nc1N(C)C. The lowest BCUT2D eigenvalue weighted by Crippen LogP contribution is -2.13. The minimum absolute atomic E-state index is 0.725. The van der Waals surface area contributed by atoms with Gasteiger partial charge >= 0.3 is 0 Å². The fourth-order valence-electron chi connectivity index (χ4n) is 1.89. The van der Waals surface area contributed by atoms with Gasteiger partial charge < -0.3 is 4.90 Å². The van der Waals surface area contributed by atoms with Crippen LogP contribution in [0, 0.1) is 20.8 Å². The highest BCUT2D eigenvalue weighted by atomic mass is 15.2. The fraction of sp³-hybridized carbons (Fsp3) is 0.417. The number of H-pyrrole nitrogens is 1. The van der Waals surface area contributed by atoms with E-state index in [9.17, 15) is 0 Å². The molecule has 0 aliphatic rings. The van der Waals surface area contributed by atoms with Crippen LogP contribution >= 0.6 is 0 Å². The first kappa shape index (κ1) is 11.6. The molecule has 0 atom stereocenters. The van der Waals surface area contributed by atoms with E-state index in [0.29, 0.717) is 0 Å². The van der Waals surface area contributed by atoms with Crippen LogP contribution in [-0.2, 0) is 0 Å². The first-order chi connectivity index (χ1) is 8.00. The number of aryl methyl sites for hydroxylation is 3. The summed E-state index contributed by atoms with van der Waals surface area (Å²) in [6.45, 7) is 5.94. The number of nitrogens with zero attached hydrogens (tertiary/aromatic N) is 4. The van der Waals surface area contributed by atoms with E-state index in [0.717, 1.165) is 34.2 Å². The number of hydrogen-bond acceptors (Lipinski definition) is 4. The molecule has 0 aliphatic heterocycles. The highest BCUT2D eigenvalue weighted by Gasteiger charge is 2.14. The predicted molar refractivity (Wildman–Crippen MR) is 68.2 cm³/mol. The second-order valence-corrected chi connectivity index (χ2v) is 4.40. The molecule has 2 heterocycles. The van der Waals surface area contributed by atoms with Crippen molar-refractivity contribution in [3.05, 3.63) is 23.1 Å². The van der Waals surface area contributed by atoms with Gasteiger partial charge in [0.15, 0.2) is 5.82 Å². The van der Waals surface area contributed by atoms with Gasteiger partial charge in [-0.2, -0.15) is 5.10 Å². The molecular formula is C12H17N5. The third-order valence-corrected chi connectivity index (χ3v) is 2.72. The Kier molecular flexibility index (Phi) is 2.83. The van der Waals surface area contributed by atoms with Gasteiger partial charge in [0.05, 0.1) is 11.3 Å². The summed E-state index contributed by atoms with van der Waals surface area (Å²) in [6.07, 6.45) is 1.85. The Morgan fingerprint density at radius 2 is 1.88 bits per heavy atom. The van der Waals surface area contributed by atoms with Crippen molar-refractivity contribution in [3.63, 3.8) is 0 Å². The smallest absolute Gasteiger partial charge is 0.165 e. The van der Waals surface area contributed by atoms with Gasteiger partial charge in [0.25, 0.3) is 0 Å². The van der Waals surface area contributed by atoms with Crippen molar-refractivity contribution in [3.8, 4) is 11.4 Å². The van der Waals surface area contributed by atoms with Crippen LogP contribution in [0.4, 0.5) is 5.82 Å². The Morgan fingerprint density at radius 1 is 1.18 bits per heavy atom. The Balaban J connectivity index is 2.58. The van der Waals surface area contributed by atoms with E-state index < -0.39 is 0 Å². The number of aromatic nitrogens is 4. The van der Waals surface area contributed by atoms with Crippen molar-refractivity contribution in [1.82, 2.24) is 20.2 Å². The number of anilines is 1. The van der Waals surface area contributed by atoms with E-state index >= 15 is 0 Å². The van der Waals surface area contributed by atoms with Crippen molar-refractivity contribution in [2.75, 3.05) is 19.0 Å². The van der Waals surface area contributed by atoms with Crippen LogP contribution in [0.2, 0.25) is 0 Å². The van der Waals surface area contributed by atoms with Crippen LogP contribution < -0.4 is 4.90 Å². The van der Waals surface area contributed by atoms with Gasteiger partial charge in [0.1, 0.15) is 5.82 Å². The molecule has 0 amide bonds. The minimum Gasteiger partial charge on any atom is -0.362 e. The molecule has 0 fully saturated rings. The summed E-state index contributed by atoms with van der Waals surface area (Å²) >= 11 is 0. The second-order valence-electron chi connectivity index (χ2n) is 4.40. The van der Waals surface area contributed by atoms with Crippen LogP contribution in [-0.4, -0.2) is 34.3 Å². The highest BCUT2D eigenvalue weighted by molar-refractivity contribution is 5.63. The van der Waals surface area contributed by atoms with E-state index in [1.54, 1.807) is 0 Å². The van der Waals surface area contributed by atoms with Gasteiger partial charge in [-0.1, -0.05) is 0 Å². The van der Waals surface area contributed by atoms with Gasteiger partial charge in [0, 0.05) is 31.5 Å². The molecule has 90 valence electrons. The molecule has 5 nitrogen and oxygen atoms in total. The van der Waals surface area contributed by atoms with Crippen LogP contribution in [0.1, 0.15) is 17.0 Å². The van der Waals surface area contributed by atoms with E-state index in [4.69, 9.17) is 0 Å². The topological polar surface area (TPSA) is 57.7 Å². The molecule has 2 aromatic heterocycles. The van der Waals surface area contributed by atoms with Gasteiger partial charge in [-0.25, -0.2) is 9.97 Å². The summed E-state index contributed by atoms with van der Waals surface area (Å²) in [5.74, 6) is 1.66. The standard InChI is InChI=1S/C12H17N5/c1-7-6-13-11(14-12(7)17(4)5)10-8(2)15-16-9(10)3/h6H,1-5H3,(H,15,16). The largest absolute Gasteiger partial charge is 0.362 e. The second kappa shape index (κ2) is 4.16. The van der Waals surface area contributed by atoms with E-state index in [1.807, 2.05) is 46.0 Å². The van der Waals surface area contributed by atoms with Gasteiger partial charge in [-0.05, 0) is 20.8 Å². The molecule has 2 rings (SSSR count). The van der Waals surface area contributed by atoms with E-state index in [-0.39, 0.29) is 0 Å². The quantitative estimate of drug-likeness (QED) is 0.857. The van der Waals surface area contributed by atoms with Gasteiger partial charge in [0.2, 0.25) is 0 Å². The first-order valence-corrected chi connectivity index (χ1v) is 5.53. The van der Waals surface area contributed by atoms with Gasteiger partial charge in [-0.3, -0.25) is 5.10 Å². The Bertz CT molecular complexity index is 522. The zero-order chi connectivity index (χ0) is 12.6. The number of hydrogen-bond donors (Lipinski definition) is 1. The molecule has 0 unspecified atom stereocenters. The minimum atomic E-state index is 0.725. The average Bonchev–Trinajstić information content (AvgIpc) is 2.59. The van der Waals surface area contributed by atoms with Crippen molar-refractivity contribution in [1.29, 1.82) is 0 Å². The molecule has 0 radical (unpaired) electrons. The lowest BCUT2D eigenvalue weighted by atomic mass is 10.2. The van der Waals surface area contributed by atoms with E-state index in [1.165, 1.54) is 0 Å². The number of nitrogens with one attached hydrogen (secondary N) is 1. The van der Waals surface area contributed by atoms with Crippen LogP contribution in [0.3, 0.4) is 0 Å². The summed E-state index contributed by atoms with van der Waals surface area (Å²) in [7, 11) is 3.96. The summed E-state index contributed by atoms with van der Waals surface area (Å²) in [5.41, 5.74) is 3.98. The summed E-state index contributed by atoms with van der Waals surface area (Å²) in [4.78, 5) is 11.0. The molecule has 0 aliphatic carbocycles. The lowest BCUT2D eigenvalue weighted by molar-refractivity contribution is 1.02. The molecule has 2 aromatic rings. The van der Waals surface area contributed by atoms with Gasteiger partial charge in [-0.15, -0.1) is 0 Å². The fourth-order valence-corrected chi connectivity index (χ4v) is 1.89. The van der Waals surface area contributed by atoms with Crippen molar-refractivity contribution in [2.45, 2.75) is 20.8 Å². The van der Waals surface area contributed by atoms with Crippen molar-refractivity contribution in [2.24, 2.45) is 0 Å². The Labute approximate surface area is 101 Å². The number of rotatable bonds is 2. The maximum atomic E-state index is 4.59. The average molecular weight is 231 g/mol. The molecular weight excluding hydrogens is 214 g/mol. The summed E-state index contributed by atoms with van der Waals surface area (Å²) in [5, 5.41) is 7.13. The molecule has 0 saturated heterocycles. The maximum absolute atomic E-state index is 4.59. The summed E-state index contributed by atoms with van der Waals surface area (Å²) in [6, 6.07) is 0. The van der Waals surface area contributed by atoms with Crippen molar-refractivity contribution < 1.29 is 0 Å². The highest BCUT2D eigenvalue weighted by Crippen LogP contribution is 2.24. The third kappa shape index (κ3) is 2.00. The molecule has 0 saturated carbocycles. The van der Waals surface area contributed by atoms with Crippen LogP contribution in [0.5, 0.6) is 0 Å². The predicted octanol–water partition coefficient (Wildman–Crippen LogP) is 1.86. The first-order valence-electron chi connectivity index (χ1n) is 5.53. The molecule has 0 spiro atoms. The molecule has 0 bridgehead atoms. The molecule has 17 heavy (non-hydrogen) atoms. The summed E-state index contributed by atoms with van der Waals surface area (Å²) < 4.78 is 0. The molecule has 5 heteroatoms. The monoisotopic (exact) mass is 231 g/mol. The van der Waals surface area contributed by atoms with E-state index in [2.05, 4.69) is 20.2 Å². The Morgan fingerprint density at radius 3 is 2.41 bits per heavy atom. The lowest BCUT2D eigenvalue weighted by Gasteiger charge is -2.14.